The third-order valence-electron chi connectivity index (χ3n) is 6.43. The smallest absolute Gasteiger partial charge is 0.178 e. The van der Waals surface area contributed by atoms with Crippen LogP contribution in [0.5, 0.6) is 0 Å². The lowest BCUT2D eigenvalue weighted by Gasteiger charge is -2.49. The van der Waals surface area contributed by atoms with Crippen molar-refractivity contribution < 1.29 is 9.18 Å². The Labute approximate surface area is 158 Å². The molecule has 2 atom stereocenters. The van der Waals surface area contributed by atoms with E-state index in [-0.39, 0.29) is 23.1 Å². The SMILES string of the molecule is Cn1nc2c(c1-c1cccc(F)c1)CC[C@H]1C(C)(C)C(=O)C(C#N)=C[C@]21C. The van der Waals surface area contributed by atoms with E-state index in [4.69, 9.17) is 5.10 Å². The molecule has 2 aliphatic carbocycles. The van der Waals surface area contributed by atoms with Crippen LogP contribution < -0.4 is 0 Å². The maximum Gasteiger partial charge on any atom is 0.178 e. The average molecular weight is 363 g/mol. The molecule has 2 aromatic rings. The van der Waals surface area contributed by atoms with Gasteiger partial charge in [-0.05, 0) is 30.9 Å². The fourth-order valence-corrected chi connectivity index (χ4v) is 5.22. The van der Waals surface area contributed by atoms with Gasteiger partial charge in [-0.2, -0.15) is 10.4 Å². The molecule has 1 aromatic carbocycles. The largest absolute Gasteiger partial charge is 0.293 e. The van der Waals surface area contributed by atoms with Gasteiger partial charge >= 0.3 is 0 Å². The van der Waals surface area contributed by atoms with Gasteiger partial charge < -0.3 is 0 Å². The minimum atomic E-state index is -0.622. The first-order chi connectivity index (χ1) is 12.7. The Hall–Kier alpha value is -2.74. The molecule has 0 aliphatic heterocycles. The molecule has 0 unspecified atom stereocenters. The Balaban J connectivity index is 1.96. The number of aromatic nitrogens is 2. The summed E-state index contributed by atoms with van der Waals surface area (Å²) in [5.74, 6) is -0.298. The van der Waals surface area contributed by atoms with E-state index < -0.39 is 10.8 Å². The van der Waals surface area contributed by atoms with Gasteiger partial charge in [0.25, 0.3) is 0 Å². The highest BCUT2D eigenvalue weighted by molar-refractivity contribution is 6.04. The fourth-order valence-electron chi connectivity index (χ4n) is 5.22. The molecule has 0 saturated carbocycles. The van der Waals surface area contributed by atoms with E-state index in [0.29, 0.717) is 0 Å². The Bertz CT molecular complexity index is 1040. The van der Waals surface area contributed by atoms with E-state index >= 15 is 0 Å². The first-order valence-electron chi connectivity index (χ1n) is 9.20. The zero-order valence-electron chi connectivity index (χ0n) is 16.0. The van der Waals surface area contributed by atoms with E-state index in [2.05, 4.69) is 13.0 Å². The highest BCUT2D eigenvalue weighted by atomic mass is 19.1. The molecular weight excluding hydrogens is 341 g/mol. The summed E-state index contributed by atoms with van der Waals surface area (Å²) in [7, 11) is 1.87. The predicted molar refractivity (Wildman–Crippen MR) is 100 cm³/mol. The molecule has 0 bridgehead atoms. The Morgan fingerprint density at radius 1 is 1.33 bits per heavy atom. The number of halogens is 1. The fraction of sp³-hybridized carbons (Fsp3) is 0.409. The van der Waals surface area contributed by atoms with E-state index in [1.807, 2.05) is 33.0 Å². The van der Waals surface area contributed by atoms with Crippen LogP contribution >= 0.6 is 0 Å². The lowest BCUT2D eigenvalue weighted by molar-refractivity contribution is -0.128. The Morgan fingerprint density at radius 2 is 2.07 bits per heavy atom. The van der Waals surface area contributed by atoms with Crippen LogP contribution in [0.15, 0.2) is 35.9 Å². The monoisotopic (exact) mass is 363 g/mol. The molecule has 0 saturated heterocycles. The van der Waals surface area contributed by atoms with Crippen LogP contribution in [0.2, 0.25) is 0 Å². The van der Waals surface area contributed by atoms with Gasteiger partial charge in [0.1, 0.15) is 11.9 Å². The zero-order chi connectivity index (χ0) is 19.6. The number of ketones is 1. The number of nitriles is 1. The normalized spacial score (nSPS) is 26.0. The zero-order valence-corrected chi connectivity index (χ0v) is 16.0. The number of hydrogen-bond donors (Lipinski definition) is 0. The third-order valence-corrected chi connectivity index (χ3v) is 6.43. The quantitative estimate of drug-likeness (QED) is 0.766. The van der Waals surface area contributed by atoms with E-state index in [0.717, 1.165) is 35.4 Å². The molecule has 1 aromatic heterocycles. The summed E-state index contributed by atoms with van der Waals surface area (Å²) in [6.07, 6.45) is 3.42. The van der Waals surface area contributed by atoms with Crippen LogP contribution in [0.4, 0.5) is 4.39 Å². The van der Waals surface area contributed by atoms with Crippen molar-refractivity contribution in [2.24, 2.45) is 18.4 Å². The summed E-state index contributed by atoms with van der Waals surface area (Å²) in [6, 6.07) is 8.63. The minimum absolute atomic E-state index is 0.0670. The number of rotatable bonds is 1. The molecule has 0 fully saturated rings. The molecule has 2 aliphatic rings. The van der Waals surface area contributed by atoms with Crippen LogP contribution in [0.3, 0.4) is 0 Å². The van der Waals surface area contributed by atoms with Crippen molar-refractivity contribution in [2.45, 2.75) is 39.0 Å². The molecular formula is C22H22FN3O. The van der Waals surface area contributed by atoms with Gasteiger partial charge in [-0.3, -0.25) is 9.48 Å². The summed E-state index contributed by atoms with van der Waals surface area (Å²) in [6.45, 7) is 5.94. The summed E-state index contributed by atoms with van der Waals surface area (Å²) in [5.41, 5.74) is 2.77. The van der Waals surface area contributed by atoms with Crippen LogP contribution in [0, 0.1) is 28.5 Å². The summed E-state index contributed by atoms with van der Waals surface area (Å²) >= 11 is 0. The van der Waals surface area contributed by atoms with Gasteiger partial charge in [0.15, 0.2) is 5.78 Å². The van der Waals surface area contributed by atoms with Gasteiger partial charge in [0.2, 0.25) is 0 Å². The van der Waals surface area contributed by atoms with Gasteiger partial charge in [-0.25, -0.2) is 4.39 Å². The number of Topliss-reactive ketones (excluding diaryl/α,β-unsaturated/α-hetero) is 1. The number of allylic oxidation sites excluding steroid dienone is 2. The molecule has 0 N–H and O–H groups in total. The third kappa shape index (κ3) is 2.32. The number of benzene rings is 1. The average Bonchev–Trinajstić information content (AvgIpc) is 2.96. The topological polar surface area (TPSA) is 58.7 Å². The van der Waals surface area contributed by atoms with E-state index in [1.54, 1.807) is 10.7 Å². The predicted octanol–water partition coefficient (Wildman–Crippen LogP) is 4.11. The number of nitrogens with zero attached hydrogens (tertiary/aromatic N) is 3. The van der Waals surface area contributed by atoms with Crippen molar-refractivity contribution >= 4 is 5.78 Å². The number of fused-ring (bicyclic) bond motifs is 3. The maximum absolute atomic E-state index is 13.8. The van der Waals surface area contributed by atoms with Crippen LogP contribution in [0.25, 0.3) is 11.3 Å². The molecule has 5 heteroatoms. The van der Waals surface area contributed by atoms with Gasteiger partial charge in [-0.1, -0.05) is 39.0 Å². The number of aryl methyl sites for hydroxylation is 1. The van der Waals surface area contributed by atoms with Crippen molar-refractivity contribution in [3.05, 3.63) is 53.0 Å². The molecule has 138 valence electrons. The molecule has 0 radical (unpaired) electrons. The second-order valence-electron chi connectivity index (χ2n) is 8.40. The molecule has 0 amide bonds. The highest BCUT2D eigenvalue weighted by Crippen LogP contribution is 2.55. The second kappa shape index (κ2) is 5.63. The van der Waals surface area contributed by atoms with Crippen LogP contribution in [-0.4, -0.2) is 15.6 Å². The minimum Gasteiger partial charge on any atom is -0.293 e. The lowest BCUT2D eigenvalue weighted by atomic mass is 9.52. The molecule has 4 nitrogen and oxygen atoms in total. The number of carbonyl (C=O) groups excluding carboxylic acids is 1. The van der Waals surface area contributed by atoms with E-state index in [9.17, 15) is 14.4 Å². The van der Waals surface area contributed by atoms with Gasteiger partial charge in [0.05, 0.1) is 17.0 Å². The number of carbonyl (C=O) groups is 1. The van der Waals surface area contributed by atoms with E-state index in [1.165, 1.54) is 12.1 Å². The summed E-state index contributed by atoms with van der Waals surface area (Å²) in [5, 5.41) is 14.3. The standard InChI is InChI=1S/C22H22FN3O/c1-21(2)17-9-8-16-18(13-6-5-7-15(23)10-13)26(4)25-19(16)22(17,3)11-14(12-24)20(21)27/h5-7,10-11,17H,8-9H2,1-4H3/t17-,22-/m0/s1. The Kier molecular flexibility index (Phi) is 3.68. The van der Waals surface area contributed by atoms with Crippen molar-refractivity contribution in [3.63, 3.8) is 0 Å². The van der Waals surface area contributed by atoms with Crippen molar-refractivity contribution in [3.8, 4) is 17.3 Å². The Morgan fingerprint density at radius 3 is 2.74 bits per heavy atom. The van der Waals surface area contributed by atoms with Crippen LogP contribution in [0.1, 0.15) is 38.4 Å². The summed E-state index contributed by atoms with van der Waals surface area (Å²) < 4.78 is 15.6. The van der Waals surface area contributed by atoms with Gasteiger partial charge in [-0.15, -0.1) is 0 Å². The number of hydrogen-bond acceptors (Lipinski definition) is 3. The van der Waals surface area contributed by atoms with Crippen molar-refractivity contribution in [2.75, 3.05) is 0 Å². The highest BCUT2D eigenvalue weighted by Gasteiger charge is 2.55. The van der Waals surface area contributed by atoms with Gasteiger partial charge in [0, 0.05) is 29.0 Å². The second-order valence-corrected chi connectivity index (χ2v) is 8.40. The first-order valence-corrected chi connectivity index (χ1v) is 9.20. The van der Waals surface area contributed by atoms with Crippen molar-refractivity contribution in [1.82, 2.24) is 9.78 Å². The molecule has 4 rings (SSSR count). The molecule has 1 heterocycles. The molecule has 0 spiro atoms. The molecule has 27 heavy (non-hydrogen) atoms. The van der Waals surface area contributed by atoms with Crippen LogP contribution in [-0.2, 0) is 23.7 Å². The first kappa shape index (κ1) is 17.7. The van der Waals surface area contributed by atoms with Crippen molar-refractivity contribution in [1.29, 1.82) is 5.26 Å². The maximum atomic E-state index is 13.8. The summed E-state index contributed by atoms with van der Waals surface area (Å²) in [4.78, 5) is 12.8. The lowest BCUT2D eigenvalue weighted by Crippen LogP contribution is -2.51.